The fraction of sp³-hybridized carbons (Fsp3) is 0.143. The van der Waals surface area contributed by atoms with Crippen LogP contribution in [-0.2, 0) is 4.79 Å². The monoisotopic (exact) mass is 183 g/mol. The normalized spacial score (nSPS) is 12.0. The first kappa shape index (κ1) is 8.71. The molecule has 1 atom stereocenters. The van der Waals surface area contributed by atoms with Crippen molar-refractivity contribution < 1.29 is 15.0 Å². The Bertz CT molecular complexity index is 339. The Hall–Kier alpha value is -1.38. The largest absolute Gasteiger partial charge is 0.479 e. The van der Waals surface area contributed by atoms with Gasteiger partial charge in [0.25, 0.3) is 0 Å². The Morgan fingerprint density at radius 3 is 2.83 bits per heavy atom. The molecule has 62 valence electrons. The lowest BCUT2D eigenvalue weighted by Gasteiger charge is -1.99. The number of hydrogen-bond acceptors (Lipinski definition) is 4. The smallest absolute Gasteiger partial charge is 0.338 e. The third-order valence-electron chi connectivity index (χ3n) is 1.25. The van der Waals surface area contributed by atoms with Crippen LogP contribution in [0.15, 0.2) is 11.4 Å². The summed E-state index contributed by atoms with van der Waals surface area (Å²) in [4.78, 5) is 10.5. The summed E-state index contributed by atoms with van der Waals surface area (Å²) in [5, 5.41) is 27.3. The standard InChI is InChI=1S/C7H5NO3S/c8-2-4-1-5(12-3-4)6(9)7(10)11/h1,3,6,9H,(H,10,11). The molecule has 1 unspecified atom stereocenters. The first-order valence-electron chi connectivity index (χ1n) is 3.04. The molecule has 0 aliphatic carbocycles. The van der Waals surface area contributed by atoms with E-state index in [0.717, 1.165) is 11.3 Å². The van der Waals surface area contributed by atoms with Gasteiger partial charge in [-0.1, -0.05) is 0 Å². The van der Waals surface area contributed by atoms with Gasteiger partial charge in [0, 0.05) is 10.3 Å². The molecule has 0 amide bonds. The van der Waals surface area contributed by atoms with Gasteiger partial charge in [0.15, 0.2) is 6.10 Å². The van der Waals surface area contributed by atoms with Gasteiger partial charge in [-0.15, -0.1) is 11.3 Å². The van der Waals surface area contributed by atoms with Crippen LogP contribution in [0.1, 0.15) is 16.5 Å². The number of carboxylic acid groups (broad SMARTS) is 1. The summed E-state index contributed by atoms with van der Waals surface area (Å²) in [5.74, 6) is -1.30. The third-order valence-corrected chi connectivity index (χ3v) is 2.24. The minimum Gasteiger partial charge on any atom is -0.479 e. The van der Waals surface area contributed by atoms with Crippen molar-refractivity contribution in [1.29, 1.82) is 5.26 Å². The number of hydrogen-bond donors (Lipinski definition) is 2. The Morgan fingerprint density at radius 1 is 1.75 bits per heavy atom. The first-order valence-corrected chi connectivity index (χ1v) is 3.92. The van der Waals surface area contributed by atoms with Crippen molar-refractivity contribution in [3.05, 3.63) is 21.9 Å². The van der Waals surface area contributed by atoms with Crippen LogP contribution in [0.4, 0.5) is 0 Å². The van der Waals surface area contributed by atoms with Gasteiger partial charge < -0.3 is 10.2 Å². The van der Waals surface area contributed by atoms with Crippen LogP contribution in [0, 0.1) is 11.3 Å². The number of rotatable bonds is 2. The number of carbonyl (C=O) groups is 1. The number of aliphatic hydroxyl groups is 1. The molecule has 0 spiro atoms. The quantitative estimate of drug-likeness (QED) is 0.708. The fourth-order valence-electron chi connectivity index (χ4n) is 0.677. The van der Waals surface area contributed by atoms with E-state index in [0.29, 0.717) is 5.56 Å². The number of nitrogens with zero attached hydrogens (tertiary/aromatic N) is 1. The van der Waals surface area contributed by atoms with E-state index in [1.807, 2.05) is 6.07 Å². The van der Waals surface area contributed by atoms with Crippen molar-refractivity contribution in [1.82, 2.24) is 0 Å². The van der Waals surface area contributed by atoms with E-state index < -0.39 is 12.1 Å². The highest BCUT2D eigenvalue weighted by atomic mass is 32.1. The zero-order valence-corrected chi connectivity index (χ0v) is 6.71. The van der Waals surface area contributed by atoms with Crippen molar-refractivity contribution in [3.63, 3.8) is 0 Å². The number of aliphatic carboxylic acids is 1. The SMILES string of the molecule is N#Cc1csc(C(O)C(=O)O)c1. The molecule has 1 rings (SSSR count). The van der Waals surface area contributed by atoms with Crippen molar-refractivity contribution in [2.45, 2.75) is 6.10 Å². The highest BCUT2D eigenvalue weighted by Gasteiger charge is 2.17. The number of carboxylic acids is 1. The average Bonchev–Trinajstić information content (AvgIpc) is 2.50. The molecule has 1 aromatic heterocycles. The molecule has 12 heavy (non-hydrogen) atoms. The van der Waals surface area contributed by atoms with E-state index in [1.54, 1.807) is 0 Å². The van der Waals surface area contributed by atoms with Crippen LogP contribution in [0.5, 0.6) is 0 Å². The van der Waals surface area contributed by atoms with Crippen LogP contribution in [-0.4, -0.2) is 16.2 Å². The Morgan fingerprint density at radius 2 is 2.42 bits per heavy atom. The van der Waals surface area contributed by atoms with Crippen LogP contribution in [0.25, 0.3) is 0 Å². The molecular weight excluding hydrogens is 178 g/mol. The van der Waals surface area contributed by atoms with Gasteiger partial charge in [-0.05, 0) is 6.07 Å². The zero-order valence-electron chi connectivity index (χ0n) is 5.89. The molecule has 0 fully saturated rings. The molecule has 2 N–H and O–H groups in total. The van der Waals surface area contributed by atoms with E-state index in [1.165, 1.54) is 11.4 Å². The highest BCUT2D eigenvalue weighted by molar-refractivity contribution is 7.10. The summed E-state index contributed by atoms with van der Waals surface area (Å²) in [6.07, 6.45) is -1.52. The minimum atomic E-state index is -1.52. The summed E-state index contributed by atoms with van der Waals surface area (Å²) >= 11 is 1.06. The van der Waals surface area contributed by atoms with Gasteiger partial charge in [-0.25, -0.2) is 4.79 Å². The lowest BCUT2D eigenvalue weighted by molar-refractivity contribution is -0.146. The van der Waals surface area contributed by atoms with Gasteiger partial charge in [0.1, 0.15) is 6.07 Å². The molecule has 0 saturated heterocycles. The molecule has 0 aromatic carbocycles. The average molecular weight is 183 g/mol. The molecule has 5 heteroatoms. The minimum absolute atomic E-state index is 0.277. The van der Waals surface area contributed by atoms with Crippen molar-refractivity contribution >= 4 is 17.3 Å². The summed E-state index contributed by atoms with van der Waals surface area (Å²) in [7, 11) is 0. The number of nitriles is 1. The van der Waals surface area contributed by atoms with Crippen LogP contribution in [0.3, 0.4) is 0 Å². The second-order valence-corrected chi connectivity index (χ2v) is 3.03. The second-order valence-electron chi connectivity index (χ2n) is 2.09. The predicted octanol–water partition coefficient (Wildman–Crippen LogP) is 0.738. The lowest BCUT2D eigenvalue weighted by atomic mass is 10.2. The molecule has 0 bridgehead atoms. The van der Waals surface area contributed by atoms with Gasteiger partial charge in [-0.2, -0.15) is 5.26 Å². The van der Waals surface area contributed by atoms with Crippen molar-refractivity contribution in [2.24, 2.45) is 0 Å². The second kappa shape index (κ2) is 3.34. The Balaban J connectivity index is 2.90. The third kappa shape index (κ3) is 1.61. The van der Waals surface area contributed by atoms with E-state index in [-0.39, 0.29) is 4.88 Å². The van der Waals surface area contributed by atoms with Gasteiger partial charge in [-0.3, -0.25) is 0 Å². The number of thiophene rings is 1. The van der Waals surface area contributed by atoms with Crippen LogP contribution < -0.4 is 0 Å². The van der Waals surface area contributed by atoms with Crippen molar-refractivity contribution in [3.8, 4) is 6.07 Å². The van der Waals surface area contributed by atoms with E-state index in [4.69, 9.17) is 15.5 Å². The highest BCUT2D eigenvalue weighted by Crippen LogP contribution is 2.21. The first-order chi connectivity index (χ1) is 5.65. The zero-order chi connectivity index (χ0) is 9.14. The van der Waals surface area contributed by atoms with Crippen molar-refractivity contribution in [2.75, 3.05) is 0 Å². The van der Waals surface area contributed by atoms with E-state index in [9.17, 15) is 4.79 Å². The lowest BCUT2D eigenvalue weighted by Crippen LogP contribution is -2.08. The maximum absolute atomic E-state index is 10.3. The van der Waals surface area contributed by atoms with E-state index >= 15 is 0 Å². The Labute approximate surface area is 72.3 Å². The molecule has 0 aliphatic rings. The molecule has 0 saturated carbocycles. The van der Waals surface area contributed by atoms with Crippen LogP contribution >= 0.6 is 11.3 Å². The molecule has 1 aromatic rings. The Kier molecular flexibility index (Phi) is 2.43. The van der Waals surface area contributed by atoms with Crippen LogP contribution in [0.2, 0.25) is 0 Å². The number of aliphatic hydroxyl groups excluding tert-OH is 1. The van der Waals surface area contributed by atoms with E-state index in [2.05, 4.69) is 0 Å². The summed E-state index contributed by atoms with van der Waals surface area (Å²) in [6.45, 7) is 0. The maximum Gasteiger partial charge on any atom is 0.338 e. The molecule has 1 heterocycles. The maximum atomic E-state index is 10.3. The molecule has 4 nitrogen and oxygen atoms in total. The van der Waals surface area contributed by atoms with Gasteiger partial charge in [0.2, 0.25) is 0 Å². The van der Waals surface area contributed by atoms with Gasteiger partial charge in [0.05, 0.1) is 5.56 Å². The molecule has 0 aliphatic heterocycles. The molecule has 0 radical (unpaired) electrons. The summed E-state index contributed by atoms with van der Waals surface area (Å²) in [5.41, 5.74) is 0.371. The predicted molar refractivity (Wildman–Crippen MR) is 41.6 cm³/mol. The summed E-state index contributed by atoms with van der Waals surface area (Å²) < 4.78 is 0. The summed E-state index contributed by atoms with van der Waals surface area (Å²) in [6, 6.07) is 3.21. The fourth-order valence-corrected chi connectivity index (χ4v) is 1.49. The topological polar surface area (TPSA) is 81.3 Å². The molecular formula is C7H5NO3S. The van der Waals surface area contributed by atoms with Gasteiger partial charge >= 0.3 is 5.97 Å².